The fourth-order valence-corrected chi connectivity index (χ4v) is 4.63. The predicted molar refractivity (Wildman–Crippen MR) is 65.0 cm³/mol. The molecule has 94 valence electrons. The van der Waals surface area contributed by atoms with Gasteiger partial charge in [-0.05, 0) is 38.6 Å². The Morgan fingerprint density at radius 2 is 2.12 bits per heavy atom. The number of nitrogens with zero attached hydrogens (tertiary/aromatic N) is 1. The van der Waals surface area contributed by atoms with Crippen LogP contribution in [0.1, 0.15) is 26.2 Å². The molecule has 2 saturated heterocycles. The molecule has 0 aromatic rings. The summed E-state index contributed by atoms with van der Waals surface area (Å²) in [7, 11) is -2.76. The third kappa shape index (κ3) is 2.76. The summed E-state index contributed by atoms with van der Waals surface area (Å²) in [5, 5.41) is 0. The van der Waals surface area contributed by atoms with Crippen molar-refractivity contribution < 1.29 is 8.42 Å². The molecule has 0 aliphatic carbocycles. The summed E-state index contributed by atoms with van der Waals surface area (Å²) < 4.78 is 22.9. The van der Waals surface area contributed by atoms with Crippen LogP contribution >= 0.6 is 0 Å². The first-order valence-corrected chi connectivity index (χ1v) is 8.00. The van der Waals surface area contributed by atoms with E-state index in [9.17, 15) is 8.42 Å². The van der Waals surface area contributed by atoms with Crippen LogP contribution in [0.5, 0.6) is 0 Å². The van der Waals surface area contributed by atoms with Gasteiger partial charge in [-0.3, -0.25) is 4.90 Å². The van der Waals surface area contributed by atoms with E-state index in [-0.39, 0.29) is 12.1 Å². The molecule has 4 nitrogen and oxygen atoms in total. The van der Waals surface area contributed by atoms with Gasteiger partial charge in [-0.25, -0.2) is 8.42 Å². The minimum atomic E-state index is -2.76. The van der Waals surface area contributed by atoms with E-state index in [0.29, 0.717) is 17.4 Å². The van der Waals surface area contributed by atoms with Crippen LogP contribution in [-0.2, 0) is 9.84 Å². The molecule has 0 radical (unpaired) electrons. The summed E-state index contributed by atoms with van der Waals surface area (Å²) in [6, 6.07) is 0.479. The van der Waals surface area contributed by atoms with Gasteiger partial charge in [0.1, 0.15) is 0 Å². The van der Waals surface area contributed by atoms with E-state index in [1.54, 1.807) is 0 Å². The Labute approximate surface area is 98.1 Å². The zero-order valence-electron chi connectivity index (χ0n) is 9.93. The third-order valence-electron chi connectivity index (χ3n) is 3.96. The monoisotopic (exact) mass is 246 g/mol. The average molecular weight is 246 g/mol. The number of rotatable bonds is 2. The molecule has 3 unspecified atom stereocenters. The van der Waals surface area contributed by atoms with Crippen LogP contribution in [0.25, 0.3) is 0 Å². The highest BCUT2D eigenvalue weighted by Gasteiger charge is 2.34. The Balaban J connectivity index is 1.95. The van der Waals surface area contributed by atoms with Gasteiger partial charge in [0, 0.05) is 18.6 Å². The summed E-state index contributed by atoms with van der Waals surface area (Å²) in [6.45, 7) is 4.08. The minimum absolute atomic E-state index is 0.223. The first-order valence-electron chi connectivity index (χ1n) is 6.18. The molecular weight excluding hydrogens is 224 g/mol. The predicted octanol–water partition coefficient (Wildman–Crippen LogP) is 0.233. The van der Waals surface area contributed by atoms with Crippen molar-refractivity contribution in [3.05, 3.63) is 0 Å². The van der Waals surface area contributed by atoms with Gasteiger partial charge in [0.05, 0.1) is 11.5 Å². The highest BCUT2D eigenvalue weighted by molar-refractivity contribution is 7.91. The van der Waals surface area contributed by atoms with Crippen LogP contribution in [-0.4, -0.2) is 50.0 Å². The highest BCUT2D eigenvalue weighted by atomic mass is 32.2. The van der Waals surface area contributed by atoms with Gasteiger partial charge in [-0.2, -0.15) is 0 Å². The van der Waals surface area contributed by atoms with Crippen molar-refractivity contribution in [3.8, 4) is 0 Å². The molecule has 0 amide bonds. The summed E-state index contributed by atoms with van der Waals surface area (Å²) in [4.78, 5) is 2.35. The number of hydrogen-bond acceptors (Lipinski definition) is 4. The van der Waals surface area contributed by atoms with Gasteiger partial charge >= 0.3 is 0 Å². The van der Waals surface area contributed by atoms with Crippen LogP contribution < -0.4 is 5.73 Å². The van der Waals surface area contributed by atoms with Gasteiger partial charge in [0.2, 0.25) is 0 Å². The molecule has 0 aromatic carbocycles. The van der Waals surface area contributed by atoms with Gasteiger partial charge in [-0.1, -0.05) is 0 Å². The standard InChI is InChI=1S/C11H22N2O2S/c1-9(12)10-3-2-5-13(7-10)11-4-6-16(14,15)8-11/h9-11H,2-8,12H2,1H3. The molecule has 5 heteroatoms. The first-order chi connectivity index (χ1) is 7.48. The van der Waals surface area contributed by atoms with E-state index in [1.165, 1.54) is 6.42 Å². The lowest BCUT2D eigenvalue weighted by atomic mass is 9.91. The van der Waals surface area contributed by atoms with Crippen molar-refractivity contribution in [2.45, 2.75) is 38.3 Å². The SMILES string of the molecule is CC(N)C1CCCN(C2CCS(=O)(=O)C2)C1. The van der Waals surface area contributed by atoms with Crippen LogP contribution in [0.3, 0.4) is 0 Å². The molecule has 2 fully saturated rings. The third-order valence-corrected chi connectivity index (χ3v) is 5.71. The molecule has 0 aromatic heterocycles. The summed E-state index contributed by atoms with van der Waals surface area (Å²) in [5.41, 5.74) is 5.94. The van der Waals surface area contributed by atoms with Crippen molar-refractivity contribution in [2.75, 3.05) is 24.6 Å². The van der Waals surface area contributed by atoms with Crippen LogP contribution in [0.15, 0.2) is 0 Å². The van der Waals surface area contributed by atoms with Crippen molar-refractivity contribution in [1.29, 1.82) is 0 Å². The lowest BCUT2D eigenvalue weighted by molar-refractivity contribution is 0.124. The van der Waals surface area contributed by atoms with E-state index in [1.807, 2.05) is 0 Å². The van der Waals surface area contributed by atoms with Crippen molar-refractivity contribution in [1.82, 2.24) is 4.90 Å². The molecule has 0 saturated carbocycles. The lowest BCUT2D eigenvalue weighted by Gasteiger charge is -2.37. The number of likely N-dealkylation sites (tertiary alicyclic amines) is 1. The van der Waals surface area contributed by atoms with E-state index in [0.717, 1.165) is 25.9 Å². The number of nitrogens with two attached hydrogens (primary N) is 1. The molecular formula is C11H22N2O2S. The van der Waals surface area contributed by atoms with Crippen molar-refractivity contribution in [3.63, 3.8) is 0 Å². The Morgan fingerprint density at radius 3 is 2.69 bits per heavy atom. The summed E-state index contributed by atoms with van der Waals surface area (Å²) in [6.07, 6.45) is 3.16. The zero-order chi connectivity index (χ0) is 11.8. The molecule has 0 bridgehead atoms. The average Bonchev–Trinajstić information content (AvgIpc) is 2.59. The Hall–Kier alpha value is -0.130. The maximum absolute atomic E-state index is 11.4. The fourth-order valence-electron chi connectivity index (χ4n) is 2.86. The summed E-state index contributed by atoms with van der Waals surface area (Å²) in [5.74, 6) is 1.27. The molecule has 3 atom stereocenters. The molecule has 2 aliphatic heterocycles. The largest absolute Gasteiger partial charge is 0.328 e. The maximum Gasteiger partial charge on any atom is 0.151 e. The molecule has 2 rings (SSSR count). The van der Waals surface area contributed by atoms with Crippen LogP contribution in [0.4, 0.5) is 0 Å². The van der Waals surface area contributed by atoms with E-state index < -0.39 is 9.84 Å². The summed E-state index contributed by atoms with van der Waals surface area (Å²) >= 11 is 0. The smallest absolute Gasteiger partial charge is 0.151 e. The topological polar surface area (TPSA) is 63.4 Å². The Morgan fingerprint density at radius 1 is 1.38 bits per heavy atom. The number of sulfone groups is 1. The molecule has 2 aliphatic rings. The number of hydrogen-bond donors (Lipinski definition) is 1. The van der Waals surface area contributed by atoms with Crippen molar-refractivity contribution in [2.24, 2.45) is 11.7 Å². The Bertz CT molecular complexity index is 340. The first kappa shape index (κ1) is 12.3. The second kappa shape index (κ2) is 4.63. The lowest BCUT2D eigenvalue weighted by Crippen LogP contribution is -2.47. The quantitative estimate of drug-likeness (QED) is 0.758. The highest BCUT2D eigenvalue weighted by Crippen LogP contribution is 2.25. The van der Waals surface area contributed by atoms with Gasteiger partial charge in [0.25, 0.3) is 0 Å². The fraction of sp³-hybridized carbons (Fsp3) is 1.00. The van der Waals surface area contributed by atoms with E-state index >= 15 is 0 Å². The zero-order valence-corrected chi connectivity index (χ0v) is 10.7. The number of piperidine rings is 1. The van der Waals surface area contributed by atoms with Gasteiger partial charge in [0.15, 0.2) is 9.84 Å². The normalized spacial score (nSPS) is 37.4. The molecule has 2 heterocycles. The molecule has 16 heavy (non-hydrogen) atoms. The molecule has 0 spiro atoms. The van der Waals surface area contributed by atoms with Crippen molar-refractivity contribution >= 4 is 9.84 Å². The van der Waals surface area contributed by atoms with Crippen LogP contribution in [0, 0.1) is 5.92 Å². The maximum atomic E-state index is 11.4. The van der Waals surface area contributed by atoms with Crippen LogP contribution in [0.2, 0.25) is 0 Å². The van der Waals surface area contributed by atoms with E-state index in [4.69, 9.17) is 5.73 Å². The van der Waals surface area contributed by atoms with E-state index in [2.05, 4.69) is 11.8 Å². The molecule has 2 N–H and O–H groups in total. The van der Waals surface area contributed by atoms with Gasteiger partial charge in [-0.15, -0.1) is 0 Å². The second-order valence-corrected chi connectivity index (χ2v) is 7.54. The Kier molecular flexibility index (Phi) is 3.56. The minimum Gasteiger partial charge on any atom is -0.328 e. The van der Waals surface area contributed by atoms with Gasteiger partial charge < -0.3 is 5.73 Å². The second-order valence-electron chi connectivity index (χ2n) is 5.31.